The van der Waals surface area contributed by atoms with Gasteiger partial charge >= 0.3 is 0 Å². The number of nitrogens with one attached hydrogen (secondary N) is 3. The third kappa shape index (κ3) is 5.57. The van der Waals surface area contributed by atoms with E-state index in [2.05, 4.69) is 37.2 Å². The van der Waals surface area contributed by atoms with Gasteiger partial charge < -0.3 is 25.0 Å². The van der Waals surface area contributed by atoms with E-state index in [0.29, 0.717) is 42.7 Å². The van der Waals surface area contributed by atoms with Crippen molar-refractivity contribution in [3.05, 3.63) is 65.3 Å². The molecule has 3 aromatic rings. The van der Waals surface area contributed by atoms with Gasteiger partial charge in [0.15, 0.2) is 29.9 Å². The number of rotatable bonds is 9. The van der Waals surface area contributed by atoms with Crippen LogP contribution in [0.15, 0.2) is 52.2 Å². The molecular weight excluding hydrogens is 456 g/mol. The molecule has 2 aromatic heterocycles. The van der Waals surface area contributed by atoms with Crippen molar-refractivity contribution in [1.29, 1.82) is 0 Å². The fraction of sp³-hybridized carbons (Fsp3) is 0.292. The number of allylic oxidation sites excluding steroid dienone is 2. The van der Waals surface area contributed by atoms with Crippen molar-refractivity contribution in [1.82, 2.24) is 20.1 Å². The number of nitrogens with zero attached hydrogens (tertiary/aromatic N) is 4. The summed E-state index contributed by atoms with van der Waals surface area (Å²) in [5.41, 5.74) is 1.65. The summed E-state index contributed by atoms with van der Waals surface area (Å²) < 4.78 is 34.6. The number of amidine groups is 1. The lowest BCUT2D eigenvalue weighted by Crippen LogP contribution is -2.53. The lowest BCUT2D eigenvalue weighted by Gasteiger charge is -2.37. The van der Waals surface area contributed by atoms with Crippen LogP contribution in [0, 0.1) is 18.6 Å². The second-order valence-corrected chi connectivity index (χ2v) is 8.12. The van der Waals surface area contributed by atoms with Crippen molar-refractivity contribution in [2.45, 2.75) is 26.4 Å². The van der Waals surface area contributed by atoms with Gasteiger partial charge in [0.2, 0.25) is 0 Å². The zero-order chi connectivity index (χ0) is 24.9. The molecule has 0 amide bonds. The van der Waals surface area contributed by atoms with Crippen molar-refractivity contribution in [2.75, 3.05) is 25.1 Å². The average molecular weight is 484 g/mol. The van der Waals surface area contributed by atoms with Crippen LogP contribution in [0.2, 0.25) is 0 Å². The fourth-order valence-electron chi connectivity index (χ4n) is 3.64. The Morgan fingerprint density at radius 1 is 1.37 bits per heavy atom. The van der Waals surface area contributed by atoms with Gasteiger partial charge in [-0.15, -0.1) is 0 Å². The zero-order valence-electron chi connectivity index (χ0n) is 19.5. The number of β-amino-alcohol motifs (C(OH)–C–C–N with tert-alkyl or cyclic N) is 1. The smallest absolute Gasteiger partial charge is 0.181 e. The predicted molar refractivity (Wildman–Crippen MR) is 132 cm³/mol. The number of aromatic nitrogens is 3. The van der Waals surface area contributed by atoms with Crippen molar-refractivity contribution in [2.24, 2.45) is 9.98 Å². The molecule has 3 heterocycles. The topological polar surface area (TPSA) is 114 Å². The van der Waals surface area contributed by atoms with E-state index in [1.165, 1.54) is 6.07 Å². The highest BCUT2D eigenvalue weighted by atomic mass is 19.1. The molecule has 0 aliphatic carbocycles. The predicted octanol–water partition coefficient (Wildman–Crippen LogP) is 3.66. The molecular formula is C24H27F2N7O2. The Morgan fingerprint density at radius 2 is 2.17 bits per heavy atom. The van der Waals surface area contributed by atoms with Crippen LogP contribution >= 0.6 is 0 Å². The summed E-state index contributed by atoms with van der Waals surface area (Å²) in [6, 6.07) is 4.36. The molecule has 0 spiro atoms. The monoisotopic (exact) mass is 483 g/mol. The second-order valence-electron chi connectivity index (χ2n) is 8.12. The van der Waals surface area contributed by atoms with Gasteiger partial charge in [0.05, 0.1) is 11.6 Å². The molecule has 0 saturated carbocycles. The molecule has 11 heteroatoms. The molecule has 0 bridgehead atoms. The van der Waals surface area contributed by atoms with Gasteiger partial charge in [0.25, 0.3) is 0 Å². The Labute approximate surface area is 200 Å². The zero-order valence-corrected chi connectivity index (χ0v) is 19.5. The van der Waals surface area contributed by atoms with E-state index < -0.39 is 17.7 Å². The molecule has 0 radical (unpaired) electrons. The number of hydrogen-bond donors (Lipinski definition) is 4. The molecule has 1 aliphatic rings. The number of anilines is 1. The third-order valence-corrected chi connectivity index (χ3v) is 5.43. The summed E-state index contributed by atoms with van der Waals surface area (Å²) in [6.45, 7) is 7.71. The Bertz CT molecular complexity index is 1300. The van der Waals surface area contributed by atoms with Crippen molar-refractivity contribution >= 4 is 29.3 Å². The molecule has 184 valence electrons. The molecule has 4 N–H and O–H groups in total. The summed E-state index contributed by atoms with van der Waals surface area (Å²) in [5, 5.41) is 20.0. The maximum atomic E-state index is 14.8. The largest absolute Gasteiger partial charge is 0.468 e. The highest BCUT2D eigenvalue weighted by Gasteiger charge is 2.27. The quantitative estimate of drug-likeness (QED) is 0.211. The number of ether oxygens (including phenoxy) is 1. The van der Waals surface area contributed by atoms with Crippen LogP contribution in [0.5, 0.6) is 5.75 Å². The van der Waals surface area contributed by atoms with Gasteiger partial charge in [-0.25, -0.2) is 18.8 Å². The minimum absolute atomic E-state index is 0.0917. The summed E-state index contributed by atoms with van der Waals surface area (Å²) >= 11 is 0. The van der Waals surface area contributed by atoms with Crippen LogP contribution in [-0.4, -0.2) is 63.7 Å². The number of aryl methyl sites for hydroxylation is 1. The minimum Gasteiger partial charge on any atom is -0.468 e. The maximum Gasteiger partial charge on any atom is 0.181 e. The van der Waals surface area contributed by atoms with E-state index in [0.717, 1.165) is 11.8 Å². The molecule has 1 aliphatic heterocycles. The van der Waals surface area contributed by atoms with E-state index >= 15 is 0 Å². The number of hydrogen-bond acceptors (Lipinski definition) is 6. The average Bonchev–Trinajstić information content (AvgIpc) is 3.44. The molecule has 0 unspecified atom stereocenters. The fourth-order valence-corrected chi connectivity index (χ4v) is 3.64. The molecule has 0 atom stereocenters. The van der Waals surface area contributed by atoms with Crippen LogP contribution < -0.4 is 10.1 Å². The number of aliphatic imine (C=N–C) groups is 2. The van der Waals surface area contributed by atoms with Gasteiger partial charge in [0, 0.05) is 54.5 Å². The first-order chi connectivity index (χ1) is 16.9. The highest BCUT2D eigenvalue weighted by molar-refractivity contribution is 5.94. The SMILES string of the molecule is C=N/C(=C\C(=N/COc1cc(F)c2[nH]c(C)cc2c1F)N1CC(O)C1)Nc1cc(C/C=C/C)[nH]n1. The first-order valence-corrected chi connectivity index (χ1v) is 11.1. The normalized spacial score (nSPS) is 15.2. The summed E-state index contributed by atoms with van der Waals surface area (Å²) in [5.74, 6) is -0.162. The Balaban J connectivity index is 1.51. The Kier molecular flexibility index (Phi) is 7.25. The summed E-state index contributed by atoms with van der Waals surface area (Å²) in [6.07, 6.45) is 5.82. The van der Waals surface area contributed by atoms with Crippen LogP contribution in [0.1, 0.15) is 18.3 Å². The first kappa shape index (κ1) is 24.1. The van der Waals surface area contributed by atoms with E-state index in [9.17, 15) is 13.9 Å². The van der Waals surface area contributed by atoms with Gasteiger partial charge in [-0.1, -0.05) is 12.2 Å². The Hall–Kier alpha value is -3.99. The van der Waals surface area contributed by atoms with Crippen LogP contribution in [0.25, 0.3) is 10.9 Å². The van der Waals surface area contributed by atoms with E-state index in [-0.39, 0.29) is 23.4 Å². The van der Waals surface area contributed by atoms with Gasteiger partial charge in [-0.2, -0.15) is 5.10 Å². The molecule has 1 fully saturated rings. The summed E-state index contributed by atoms with van der Waals surface area (Å²) in [7, 11) is 0. The highest BCUT2D eigenvalue weighted by Crippen LogP contribution is 2.29. The minimum atomic E-state index is -0.667. The van der Waals surface area contributed by atoms with Gasteiger partial charge in [-0.3, -0.25) is 5.10 Å². The first-order valence-electron chi connectivity index (χ1n) is 11.1. The number of fused-ring (bicyclic) bond motifs is 1. The number of likely N-dealkylation sites (tertiary alicyclic amines) is 1. The van der Waals surface area contributed by atoms with Crippen molar-refractivity contribution in [3.63, 3.8) is 0 Å². The van der Waals surface area contributed by atoms with E-state index in [1.807, 2.05) is 25.1 Å². The number of aliphatic hydroxyl groups is 1. The van der Waals surface area contributed by atoms with Crippen molar-refractivity contribution in [3.8, 4) is 5.75 Å². The number of aliphatic hydroxyl groups excluding tert-OH is 1. The van der Waals surface area contributed by atoms with Crippen LogP contribution in [-0.2, 0) is 6.42 Å². The second kappa shape index (κ2) is 10.5. The van der Waals surface area contributed by atoms with Crippen LogP contribution in [0.4, 0.5) is 14.6 Å². The molecule has 35 heavy (non-hydrogen) atoms. The number of halogens is 2. The molecule has 1 saturated heterocycles. The standard InChI is InChI=1S/C24H27F2N7O2/c1-4-5-6-15-8-21(32-31-15)30-20(27-3)10-22(33-11-16(34)12-33)28-13-35-19-9-18(25)24-17(23(19)26)7-14(2)29-24/h4-5,7-10,16,29,34H,3,6,11-13H2,1-2H3,(H2,30,31,32)/b5-4+,20-10+,28-22+. The molecule has 1 aromatic carbocycles. The number of H-pyrrole nitrogens is 2. The number of aromatic amines is 2. The molecule has 9 nitrogen and oxygen atoms in total. The van der Waals surface area contributed by atoms with E-state index in [1.54, 1.807) is 17.9 Å². The third-order valence-electron chi connectivity index (χ3n) is 5.43. The number of benzene rings is 1. The Morgan fingerprint density at radius 3 is 2.89 bits per heavy atom. The van der Waals surface area contributed by atoms with Gasteiger partial charge in [-0.05, 0) is 26.6 Å². The van der Waals surface area contributed by atoms with E-state index in [4.69, 9.17) is 4.74 Å². The molecule has 4 rings (SSSR count). The van der Waals surface area contributed by atoms with Gasteiger partial charge in [0.1, 0.15) is 11.7 Å². The summed E-state index contributed by atoms with van der Waals surface area (Å²) in [4.78, 5) is 13.0. The lowest BCUT2D eigenvalue weighted by molar-refractivity contribution is 0.0468. The maximum absolute atomic E-state index is 14.8. The van der Waals surface area contributed by atoms with Crippen LogP contribution in [0.3, 0.4) is 0 Å². The van der Waals surface area contributed by atoms with Crippen molar-refractivity contribution < 1.29 is 18.6 Å². The lowest BCUT2D eigenvalue weighted by atomic mass is 10.1.